The summed E-state index contributed by atoms with van der Waals surface area (Å²) in [4.78, 5) is 32.1. The second-order valence-electron chi connectivity index (χ2n) is 10.1. The van der Waals surface area contributed by atoms with E-state index in [2.05, 4.69) is 5.10 Å². The minimum absolute atomic E-state index is 0.0248. The van der Waals surface area contributed by atoms with Gasteiger partial charge in [0.15, 0.2) is 17.3 Å². The zero-order valence-electron chi connectivity index (χ0n) is 21.1. The van der Waals surface area contributed by atoms with Gasteiger partial charge >= 0.3 is 0 Å². The number of aromatic nitrogens is 2. The number of piperazine rings is 1. The van der Waals surface area contributed by atoms with E-state index in [0.29, 0.717) is 50.6 Å². The van der Waals surface area contributed by atoms with Crippen LogP contribution < -0.4 is 4.90 Å². The highest BCUT2D eigenvalue weighted by molar-refractivity contribution is 5.94. The molecule has 2 amide bonds. The normalized spacial score (nSPS) is 22.2. The molecule has 0 spiro atoms. The molecule has 2 aliphatic heterocycles. The van der Waals surface area contributed by atoms with Gasteiger partial charge in [-0.1, -0.05) is 0 Å². The van der Waals surface area contributed by atoms with Gasteiger partial charge in [-0.3, -0.25) is 14.3 Å². The van der Waals surface area contributed by atoms with E-state index in [1.807, 2.05) is 23.6 Å². The Labute approximate surface area is 209 Å². The van der Waals surface area contributed by atoms with Gasteiger partial charge in [0.1, 0.15) is 6.54 Å². The number of amides is 2. The zero-order valence-corrected chi connectivity index (χ0v) is 21.1. The van der Waals surface area contributed by atoms with Crippen LogP contribution in [0.5, 0.6) is 0 Å². The van der Waals surface area contributed by atoms with Gasteiger partial charge in [-0.05, 0) is 52.2 Å². The fourth-order valence-corrected chi connectivity index (χ4v) is 5.71. The highest BCUT2D eigenvalue weighted by atomic mass is 19.2. The molecule has 2 saturated heterocycles. The van der Waals surface area contributed by atoms with Crippen molar-refractivity contribution >= 4 is 17.5 Å². The van der Waals surface area contributed by atoms with Crippen LogP contribution in [0, 0.1) is 18.6 Å². The first kappa shape index (κ1) is 24.7. The Morgan fingerprint density at radius 1 is 1.03 bits per heavy atom. The number of nitrogens with zero attached hydrogens (tertiary/aromatic N) is 5. The zero-order chi connectivity index (χ0) is 25.6. The number of benzene rings is 1. The largest absolute Gasteiger partial charge is 0.372 e. The summed E-state index contributed by atoms with van der Waals surface area (Å²) >= 11 is 0. The molecule has 5 rings (SSSR count). The third-order valence-electron chi connectivity index (χ3n) is 7.48. The van der Waals surface area contributed by atoms with Gasteiger partial charge in [-0.15, -0.1) is 0 Å². The van der Waals surface area contributed by atoms with E-state index in [9.17, 15) is 18.4 Å². The molecule has 3 aliphatic rings. The number of anilines is 1. The Morgan fingerprint density at radius 2 is 1.72 bits per heavy atom. The summed E-state index contributed by atoms with van der Waals surface area (Å²) < 4.78 is 35.0. The average molecular weight is 502 g/mol. The third kappa shape index (κ3) is 4.58. The van der Waals surface area contributed by atoms with Crippen LogP contribution >= 0.6 is 0 Å². The number of carbonyl (C=O) groups excluding carboxylic acids is 2. The van der Waals surface area contributed by atoms with Crippen molar-refractivity contribution in [3.05, 3.63) is 46.3 Å². The van der Waals surface area contributed by atoms with Crippen LogP contribution in [0.1, 0.15) is 47.6 Å². The topological polar surface area (TPSA) is 70.9 Å². The van der Waals surface area contributed by atoms with Crippen molar-refractivity contribution in [1.29, 1.82) is 0 Å². The fourth-order valence-electron chi connectivity index (χ4n) is 5.71. The monoisotopic (exact) mass is 501 g/mol. The Kier molecular flexibility index (Phi) is 6.72. The number of halogens is 2. The van der Waals surface area contributed by atoms with Crippen molar-refractivity contribution in [2.75, 3.05) is 44.2 Å². The van der Waals surface area contributed by atoms with Crippen LogP contribution in [0.25, 0.3) is 0 Å². The number of ether oxygens (including phenoxy) is 1. The molecule has 0 N–H and O–H groups in total. The second kappa shape index (κ2) is 9.80. The number of hydrogen-bond donors (Lipinski definition) is 0. The van der Waals surface area contributed by atoms with Crippen molar-refractivity contribution in [1.82, 2.24) is 19.6 Å². The summed E-state index contributed by atoms with van der Waals surface area (Å²) in [6.07, 6.45) is 2.50. The smallest absolute Gasteiger partial charge is 0.274 e. The lowest BCUT2D eigenvalue weighted by molar-refractivity contribution is -0.132. The highest BCUT2D eigenvalue weighted by Crippen LogP contribution is 2.28. The predicted octanol–water partition coefficient (Wildman–Crippen LogP) is 2.56. The van der Waals surface area contributed by atoms with Crippen molar-refractivity contribution in [3.63, 3.8) is 0 Å². The number of rotatable bonds is 4. The minimum atomic E-state index is -0.854. The summed E-state index contributed by atoms with van der Waals surface area (Å²) in [5.74, 6) is -1.82. The van der Waals surface area contributed by atoms with Gasteiger partial charge < -0.3 is 19.4 Å². The predicted molar refractivity (Wildman–Crippen MR) is 130 cm³/mol. The van der Waals surface area contributed by atoms with Crippen LogP contribution in [0.2, 0.25) is 0 Å². The van der Waals surface area contributed by atoms with Gasteiger partial charge in [-0.25, -0.2) is 8.78 Å². The number of carbonyl (C=O) groups is 2. The maximum Gasteiger partial charge on any atom is 0.274 e. The molecular weight excluding hydrogens is 468 g/mol. The van der Waals surface area contributed by atoms with Crippen LogP contribution in [0.15, 0.2) is 12.1 Å². The Bertz CT molecular complexity index is 1160. The molecule has 1 aromatic carbocycles. The SMILES string of the molecule is Cc1c(N2CCN(C(=O)Cn3nc(C(=O)N4C[C@@H](C)O[C@@H](C)C4)c4c3CCC4)CC2)ccc(F)c1F. The van der Waals surface area contributed by atoms with Crippen molar-refractivity contribution in [3.8, 4) is 0 Å². The molecule has 10 heteroatoms. The Balaban J connectivity index is 1.26. The first-order chi connectivity index (χ1) is 17.2. The third-order valence-corrected chi connectivity index (χ3v) is 7.48. The molecule has 0 radical (unpaired) electrons. The molecule has 36 heavy (non-hydrogen) atoms. The summed E-state index contributed by atoms with van der Waals surface area (Å²) in [6, 6.07) is 2.73. The summed E-state index contributed by atoms with van der Waals surface area (Å²) in [7, 11) is 0. The van der Waals surface area contributed by atoms with E-state index in [4.69, 9.17) is 4.74 Å². The molecule has 194 valence electrons. The maximum atomic E-state index is 14.0. The van der Waals surface area contributed by atoms with Crippen molar-refractivity contribution < 1.29 is 23.1 Å². The fraction of sp³-hybridized carbons (Fsp3) is 0.577. The molecule has 2 aromatic rings. The van der Waals surface area contributed by atoms with E-state index in [1.165, 1.54) is 0 Å². The van der Waals surface area contributed by atoms with E-state index in [-0.39, 0.29) is 36.1 Å². The first-order valence-electron chi connectivity index (χ1n) is 12.7. The lowest BCUT2D eigenvalue weighted by atomic mass is 10.1. The summed E-state index contributed by atoms with van der Waals surface area (Å²) in [5.41, 5.74) is 3.36. The van der Waals surface area contributed by atoms with Crippen LogP contribution in [-0.2, 0) is 28.9 Å². The number of hydrogen-bond acceptors (Lipinski definition) is 5. The second-order valence-corrected chi connectivity index (χ2v) is 10.1. The molecular formula is C26H33F2N5O3. The van der Waals surface area contributed by atoms with E-state index < -0.39 is 11.6 Å². The number of fused-ring (bicyclic) bond motifs is 1. The first-order valence-corrected chi connectivity index (χ1v) is 12.7. The van der Waals surface area contributed by atoms with Crippen LogP contribution in [-0.4, -0.2) is 82.9 Å². The summed E-state index contributed by atoms with van der Waals surface area (Å²) in [6.45, 7) is 8.69. The molecule has 0 unspecified atom stereocenters. The molecule has 0 saturated carbocycles. The van der Waals surface area contributed by atoms with Crippen molar-refractivity contribution in [2.45, 2.75) is 58.8 Å². The van der Waals surface area contributed by atoms with E-state index >= 15 is 0 Å². The number of morpholine rings is 1. The average Bonchev–Trinajstić information content (AvgIpc) is 3.46. The van der Waals surface area contributed by atoms with Gasteiger partial charge in [0.2, 0.25) is 5.91 Å². The lowest BCUT2D eigenvalue weighted by Gasteiger charge is -2.37. The quantitative estimate of drug-likeness (QED) is 0.644. The Morgan fingerprint density at radius 3 is 2.42 bits per heavy atom. The van der Waals surface area contributed by atoms with Crippen LogP contribution in [0.3, 0.4) is 0 Å². The van der Waals surface area contributed by atoms with Gasteiger partial charge in [-0.2, -0.15) is 5.10 Å². The van der Waals surface area contributed by atoms with E-state index in [1.54, 1.807) is 22.6 Å². The molecule has 2 atom stereocenters. The molecule has 1 aliphatic carbocycles. The summed E-state index contributed by atoms with van der Waals surface area (Å²) in [5, 5.41) is 4.63. The molecule has 3 heterocycles. The standard InChI is InChI=1S/C26H33F2N5O3/c1-16-13-32(14-17(2)36-16)26(35)25-19-5-4-6-22(19)33(29-25)15-23(34)31-11-9-30(10-12-31)21-8-7-20(27)24(28)18(21)3/h7-8,16-17H,4-6,9-15H2,1-3H3/t16-,17+. The molecule has 0 bridgehead atoms. The van der Waals surface area contributed by atoms with Gasteiger partial charge in [0, 0.05) is 61.8 Å². The molecule has 1 aromatic heterocycles. The van der Waals surface area contributed by atoms with E-state index in [0.717, 1.165) is 36.6 Å². The highest BCUT2D eigenvalue weighted by Gasteiger charge is 2.33. The maximum absolute atomic E-state index is 14.0. The van der Waals surface area contributed by atoms with Crippen LogP contribution in [0.4, 0.5) is 14.5 Å². The van der Waals surface area contributed by atoms with Gasteiger partial charge in [0.25, 0.3) is 5.91 Å². The molecule has 2 fully saturated rings. The lowest BCUT2D eigenvalue weighted by Crippen LogP contribution is -2.50. The Hall–Kier alpha value is -3.01. The van der Waals surface area contributed by atoms with Gasteiger partial charge in [0.05, 0.1) is 12.2 Å². The van der Waals surface area contributed by atoms with Crippen molar-refractivity contribution in [2.24, 2.45) is 0 Å². The molecule has 8 nitrogen and oxygen atoms in total. The minimum Gasteiger partial charge on any atom is -0.372 e.